The summed E-state index contributed by atoms with van der Waals surface area (Å²) in [6, 6.07) is 0. The molecule has 0 radical (unpaired) electrons. The molecule has 1 unspecified atom stereocenters. The lowest BCUT2D eigenvalue weighted by molar-refractivity contribution is -0.0597. The molecule has 276 valence electrons. The average molecular weight is 687 g/mol. The Hall–Kier alpha value is -1.69. The summed E-state index contributed by atoms with van der Waals surface area (Å²) in [5.41, 5.74) is -0.0497. The quantitative estimate of drug-likeness (QED) is 0.0401. The van der Waals surface area contributed by atoms with Crippen molar-refractivity contribution in [1.29, 1.82) is 0 Å². The van der Waals surface area contributed by atoms with Crippen LogP contribution in [0.3, 0.4) is 0 Å². The SMILES string of the molecule is CCCCC/C=C\C/C=C\C/C=C\CCCCCC1(CCCCC/C=C\C/C=C\C/C=C\CCCCC)CCC(CCOS(C)(=O)=O)O1. The summed E-state index contributed by atoms with van der Waals surface area (Å²) in [6.07, 6.45) is 57.7. The minimum atomic E-state index is -3.40. The molecule has 0 aliphatic carbocycles. The molecule has 0 N–H and O–H groups in total. The second-order valence-electron chi connectivity index (χ2n) is 13.7. The summed E-state index contributed by atoms with van der Waals surface area (Å²) in [7, 11) is -3.40. The van der Waals surface area contributed by atoms with Crippen LogP contribution in [-0.4, -0.2) is 33.0 Å². The normalized spacial score (nSPS) is 17.3. The summed E-state index contributed by atoms with van der Waals surface area (Å²) in [4.78, 5) is 0. The summed E-state index contributed by atoms with van der Waals surface area (Å²) in [6.45, 7) is 4.72. The second-order valence-corrected chi connectivity index (χ2v) is 15.4. The third-order valence-corrected chi connectivity index (χ3v) is 9.71. The number of allylic oxidation sites excluding steroid dienone is 12. The van der Waals surface area contributed by atoms with Crippen LogP contribution in [0.25, 0.3) is 0 Å². The second kappa shape index (κ2) is 31.3. The van der Waals surface area contributed by atoms with Crippen LogP contribution >= 0.6 is 0 Å². The smallest absolute Gasteiger partial charge is 0.264 e. The summed E-state index contributed by atoms with van der Waals surface area (Å²) in [5, 5.41) is 0. The Labute approximate surface area is 298 Å². The first-order valence-electron chi connectivity index (χ1n) is 19.8. The molecule has 0 amide bonds. The van der Waals surface area contributed by atoms with Crippen molar-refractivity contribution in [1.82, 2.24) is 0 Å². The number of ether oxygens (including phenoxy) is 1. The van der Waals surface area contributed by atoms with Gasteiger partial charge in [-0.25, -0.2) is 0 Å². The Kier molecular flexibility index (Phi) is 28.9. The highest BCUT2D eigenvalue weighted by Gasteiger charge is 2.38. The topological polar surface area (TPSA) is 52.6 Å². The summed E-state index contributed by atoms with van der Waals surface area (Å²) in [5.74, 6) is 0. The van der Waals surface area contributed by atoms with Gasteiger partial charge >= 0.3 is 0 Å². The van der Waals surface area contributed by atoms with E-state index >= 15 is 0 Å². The summed E-state index contributed by atoms with van der Waals surface area (Å²) >= 11 is 0. The number of hydrogen-bond donors (Lipinski definition) is 0. The highest BCUT2D eigenvalue weighted by molar-refractivity contribution is 7.85. The molecule has 1 atom stereocenters. The van der Waals surface area contributed by atoms with Crippen molar-refractivity contribution in [3.63, 3.8) is 0 Å². The minimum absolute atomic E-state index is 0.0497. The van der Waals surface area contributed by atoms with Gasteiger partial charge in [-0.2, -0.15) is 8.42 Å². The van der Waals surface area contributed by atoms with Gasteiger partial charge in [0.15, 0.2) is 0 Å². The predicted octanol–water partition coefficient (Wildman–Crippen LogP) is 13.2. The van der Waals surface area contributed by atoms with Crippen molar-refractivity contribution in [2.75, 3.05) is 12.9 Å². The van der Waals surface area contributed by atoms with E-state index in [2.05, 4.69) is 86.8 Å². The molecule has 48 heavy (non-hydrogen) atoms. The maximum Gasteiger partial charge on any atom is 0.264 e. The molecule has 1 rings (SSSR count). The van der Waals surface area contributed by atoms with Crippen LogP contribution in [0.5, 0.6) is 0 Å². The first-order chi connectivity index (χ1) is 23.4. The van der Waals surface area contributed by atoms with E-state index in [1.165, 1.54) is 89.9 Å². The van der Waals surface area contributed by atoms with Gasteiger partial charge in [0.25, 0.3) is 10.1 Å². The molecule has 1 saturated heterocycles. The minimum Gasteiger partial charge on any atom is -0.372 e. The van der Waals surface area contributed by atoms with E-state index in [-0.39, 0.29) is 18.3 Å². The van der Waals surface area contributed by atoms with E-state index in [1.807, 2.05) is 0 Å². The van der Waals surface area contributed by atoms with Gasteiger partial charge in [0.05, 0.1) is 24.6 Å². The Balaban J connectivity index is 2.30. The fourth-order valence-corrected chi connectivity index (χ4v) is 6.67. The zero-order valence-corrected chi connectivity index (χ0v) is 32.2. The van der Waals surface area contributed by atoms with Gasteiger partial charge in [0.1, 0.15) is 0 Å². The third-order valence-electron chi connectivity index (χ3n) is 9.12. The van der Waals surface area contributed by atoms with Crippen molar-refractivity contribution < 1.29 is 17.3 Å². The molecule has 0 aromatic rings. The highest BCUT2D eigenvalue weighted by Crippen LogP contribution is 2.40. The van der Waals surface area contributed by atoms with E-state index in [0.29, 0.717) is 6.42 Å². The van der Waals surface area contributed by atoms with Crippen molar-refractivity contribution in [3.05, 3.63) is 72.9 Å². The maximum atomic E-state index is 11.4. The molecule has 1 aliphatic rings. The number of unbranched alkanes of at least 4 members (excludes halogenated alkanes) is 12. The van der Waals surface area contributed by atoms with Gasteiger partial charge in [-0.15, -0.1) is 0 Å². The van der Waals surface area contributed by atoms with Crippen LogP contribution in [0.1, 0.15) is 174 Å². The lowest BCUT2D eigenvalue weighted by atomic mass is 9.87. The fourth-order valence-electron chi connectivity index (χ4n) is 6.27. The molecular weight excluding hydrogens is 613 g/mol. The van der Waals surface area contributed by atoms with Crippen molar-refractivity contribution in [2.24, 2.45) is 0 Å². The standard InChI is InChI=1S/C43H74O4S/c1-4-6-8-10-12-14-16-18-20-22-24-26-28-30-32-34-38-43(40-36-42(47-43)37-41-46-48(3,44)45)39-35-33-31-29-27-25-23-21-19-17-15-13-11-9-7-5-2/h12-15,18-21,24-27,42H,4-11,16-17,22-23,28-41H2,1-3H3/b14-12-,15-13-,20-18-,21-19-,26-24-,27-25-. The van der Waals surface area contributed by atoms with Gasteiger partial charge in [0, 0.05) is 0 Å². The van der Waals surface area contributed by atoms with Crippen molar-refractivity contribution >= 4 is 10.1 Å². The number of hydrogen-bond acceptors (Lipinski definition) is 4. The molecule has 5 heteroatoms. The zero-order valence-electron chi connectivity index (χ0n) is 31.4. The molecular formula is C43H74O4S. The Morgan fingerprint density at radius 1 is 0.583 bits per heavy atom. The van der Waals surface area contributed by atoms with E-state index in [9.17, 15) is 8.42 Å². The van der Waals surface area contributed by atoms with E-state index < -0.39 is 10.1 Å². The predicted molar refractivity (Wildman–Crippen MR) is 210 cm³/mol. The van der Waals surface area contributed by atoms with Crippen LogP contribution in [0, 0.1) is 0 Å². The van der Waals surface area contributed by atoms with Gasteiger partial charge in [0.2, 0.25) is 0 Å². The molecule has 0 aromatic heterocycles. The van der Waals surface area contributed by atoms with Gasteiger partial charge in [-0.1, -0.05) is 138 Å². The number of rotatable bonds is 32. The van der Waals surface area contributed by atoms with Crippen LogP contribution in [-0.2, 0) is 19.0 Å². The van der Waals surface area contributed by atoms with Crippen LogP contribution in [0.2, 0.25) is 0 Å². The fraction of sp³-hybridized carbons (Fsp3) is 0.721. The molecule has 4 nitrogen and oxygen atoms in total. The zero-order chi connectivity index (χ0) is 34.9. The van der Waals surface area contributed by atoms with E-state index in [1.54, 1.807) is 0 Å². The van der Waals surface area contributed by atoms with Gasteiger partial charge in [-0.05, 0) is 109 Å². The monoisotopic (exact) mass is 687 g/mol. The Bertz CT molecular complexity index is 963. The van der Waals surface area contributed by atoms with E-state index in [0.717, 1.165) is 70.5 Å². The average Bonchev–Trinajstić information content (AvgIpc) is 3.46. The molecule has 1 heterocycles. The van der Waals surface area contributed by atoms with E-state index in [4.69, 9.17) is 8.92 Å². The molecule has 1 fully saturated rings. The van der Waals surface area contributed by atoms with Crippen LogP contribution in [0.4, 0.5) is 0 Å². The molecule has 0 aromatic carbocycles. The molecule has 0 bridgehead atoms. The van der Waals surface area contributed by atoms with Crippen molar-refractivity contribution in [2.45, 2.75) is 186 Å². The van der Waals surface area contributed by atoms with Gasteiger partial charge in [-0.3, -0.25) is 4.18 Å². The summed E-state index contributed by atoms with van der Waals surface area (Å²) < 4.78 is 34.5. The lowest BCUT2D eigenvalue weighted by Gasteiger charge is -2.30. The lowest BCUT2D eigenvalue weighted by Crippen LogP contribution is -2.29. The third kappa shape index (κ3) is 28.2. The van der Waals surface area contributed by atoms with Crippen LogP contribution in [0.15, 0.2) is 72.9 Å². The first-order valence-corrected chi connectivity index (χ1v) is 21.6. The molecule has 0 saturated carbocycles. The molecule has 1 aliphatic heterocycles. The molecule has 0 spiro atoms. The first kappa shape index (κ1) is 44.3. The Morgan fingerprint density at radius 2 is 0.979 bits per heavy atom. The van der Waals surface area contributed by atoms with Crippen LogP contribution < -0.4 is 0 Å². The van der Waals surface area contributed by atoms with Gasteiger partial charge < -0.3 is 4.74 Å². The van der Waals surface area contributed by atoms with Crippen molar-refractivity contribution in [3.8, 4) is 0 Å². The Morgan fingerprint density at radius 3 is 1.38 bits per heavy atom. The maximum absolute atomic E-state index is 11.4. The largest absolute Gasteiger partial charge is 0.372 e. The highest BCUT2D eigenvalue weighted by atomic mass is 32.2.